The monoisotopic (exact) mass is 510 g/mol. The van der Waals surface area contributed by atoms with E-state index >= 15 is 0 Å². The Kier molecular flexibility index (Phi) is 6.06. The van der Waals surface area contributed by atoms with Gasteiger partial charge in [0.05, 0.1) is 6.61 Å². The van der Waals surface area contributed by atoms with E-state index in [1.165, 1.54) is 17.0 Å². The number of fused-ring (bicyclic) bond motifs is 2. The first kappa shape index (κ1) is 23.8. The number of amides is 3. The summed E-state index contributed by atoms with van der Waals surface area (Å²) in [6, 6.07) is 5.04. The van der Waals surface area contributed by atoms with Gasteiger partial charge < -0.3 is 14.5 Å². The summed E-state index contributed by atoms with van der Waals surface area (Å²) >= 11 is 0. The average Bonchev–Trinajstić information content (AvgIpc) is 3.20. The SMILES string of the molecule is O=C1CCC(N2Cc3c(cc(F)cc3N3CCN(Cc4cc(F)cc5c4OCCC5)CC3)C2=O)C(=O)N1. The van der Waals surface area contributed by atoms with Crippen LogP contribution in [0, 0.1) is 11.6 Å². The zero-order valence-electron chi connectivity index (χ0n) is 20.4. The number of nitrogens with zero attached hydrogens (tertiary/aromatic N) is 3. The van der Waals surface area contributed by atoms with Crippen LogP contribution in [0.5, 0.6) is 5.75 Å². The quantitative estimate of drug-likeness (QED) is 0.637. The van der Waals surface area contributed by atoms with Gasteiger partial charge in [-0.25, -0.2) is 8.78 Å². The first-order valence-electron chi connectivity index (χ1n) is 12.8. The van der Waals surface area contributed by atoms with E-state index in [0.29, 0.717) is 50.6 Å². The molecule has 0 bridgehead atoms. The van der Waals surface area contributed by atoms with Crippen molar-refractivity contribution in [3.8, 4) is 5.75 Å². The van der Waals surface area contributed by atoms with Gasteiger partial charge in [0.2, 0.25) is 11.8 Å². The highest BCUT2D eigenvalue weighted by Crippen LogP contribution is 2.36. The van der Waals surface area contributed by atoms with Gasteiger partial charge in [-0.3, -0.25) is 24.6 Å². The summed E-state index contributed by atoms with van der Waals surface area (Å²) in [5, 5.41) is 2.30. The van der Waals surface area contributed by atoms with Gasteiger partial charge in [0.25, 0.3) is 5.91 Å². The van der Waals surface area contributed by atoms with Crippen LogP contribution < -0.4 is 15.0 Å². The molecule has 0 saturated carbocycles. The Balaban J connectivity index is 1.17. The summed E-state index contributed by atoms with van der Waals surface area (Å²) < 4.78 is 34.7. The molecule has 10 heteroatoms. The second-order valence-electron chi connectivity index (χ2n) is 10.1. The van der Waals surface area contributed by atoms with Crippen molar-refractivity contribution in [1.82, 2.24) is 15.1 Å². The van der Waals surface area contributed by atoms with Crippen molar-refractivity contribution in [3.63, 3.8) is 0 Å². The number of carbonyl (C=O) groups excluding carboxylic acids is 3. The number of piperazine rings is 1. The molecule has 37 heavy (non-hydrogen) atoms. The molecule has 1 atom stereocenters. The molecule has 0 radical (unpaired) electrons. The third-order valence-corrected chi connectivity index (χ3v) is 7.75. The molecule has 2 aromatic carbocycles. The minimum Gasteiger partial charge on any atom is -0.493 e. The Hall–Kier alpha value is -3.53. The van der Waals surface area contributed by atoms with Crippen LogP contribution in [0.3, 0.4) is 0 Å². The van der Waals surface area contributed by atoms with Gasteiger partial charge in [0.15, 0.2) is 0 Å². The van der Waals surface area contributed by atoms with Gasteiger partial charge in [0.1, 0.15) is 23.4 Å². The summed E-state index contributed by atoms with van der Waals surface area (Å²) in [5.41, 5.74) is 3.40. The molecule has 4 heterocycles. The van der Waals surface area contributed by atoms with Gasteiger partial charge in [-0.15, -0.1) is 0 Å². The fourth-order valence-corrected chi connectivity index (χ4v) is 5.91. The molecule has 3 amide bonds. The maximum atomic E-state index is 14.6. The molecule has 0 spiro atoms. The lowest BCUT2D eigenvalue weighted by atomic mass is 10.0. The molecule has 6 rings (SSSR count). The zero-order valence-corrected chi connectivity index (χ0v) is 20.4. The Morgan fingerprint density at radius 1 is 0.973 bits per heavy atom. The van der Waals surface area contributed by atoms with Crippen molar-refractivity contribution in [2.45, 2.75) is 44.8 Å². The fraction of sp³-hybridized carbons (Fsp3) is 0.444. The molecule has 4 aliphatic heterocycles. The summed E-state index contributed by atoms with van der Waals surface area (Å²) in [6.07, 6.45) is 2.12. The van der Waals surface area contributed by atoms with Crippen LogP contribution in [0.4, 0.5) is 14.5 Å². The number of aryl methyl sites for hydroxylation is 1. The Morgan fingerprint density at radius 3 is 2.54 bits per heavy atom. The fourth-order valence-electron chi connectivity index (χ4n) is 5.91. The molecule has 4 aliphatic rings. The van der Waals surface area contributed by atoms with Gasteiger partial charge >= 0.3 is 0 Å². The number of imide groups is 1. The van der Waals surface area contributed by atoms with Crippen LogP contribution >= 0.6 is 0 Å². The highest BCUT2D eigenvalue weighted by molar-refractivity contribution is 6.06. The number of piperidine rings is 1. The van der Waals surface area contributed by atoms with E-state index < -0.39 is 17.8 Å². The van der Waals surface area contributed by atoms with Crippen molar-refractivity contribution in [2.24, 2.45) is 0 Å². The lowest BCUT2D eigenvalue weighted by molar-refractivity contribution is -0.136. The average molecular weight is 511 g/mol. The molecular formula is C27H28F2N4O4. The van der Waals surface area contributed by atoms with Crippen LogP contribution in [-0.2, 0) is 29.1 Å². The molecule has 0 aliphatic carbocycles. The smallest absolute Gasteiger partial charge is 0.255 e. The number of anilines is 1. The molecule has 0 aromatic heterocycles. The van der Waals surface area contributed by atoms with Crippen molar-refractivity contribution in [2.75, 3.05) is 37.7 Å². The highest BCUT2D eigenvalue weighted by Gasteiger charge is 2.41. The van der Waals surface area contributed by atoms with E-state index in [4.69, 9.17) is 4.74 Å². The number of carbonyl (C=O) groups is 3. The molecule has 194 valence electrons. The number of benzene rings is 2. The number of nitrogens with one attached hydrogen (secondary N) is 1. The Labute approximate surface area is 213 Å². The maximum absolute atomic E-state index is 14.6. The maximum Gasteiger partial charge on any atom is 0.255 e. The topological polar surface area (TPSA) is 82.2 Å². The molecule has 1 unspecified atom stereocenters. The predicted octanol–water partition coefficient (Wildman–Crippen LogP) is 2.37. The number of halogens is 2. The number of hydrogen-bond acceptors (Lipinski definition) is 6. The molecule has 1 N–H and O–H groups in total. The van der Waals surface area contributed by atoms with Crippen LogP contribution in [0.15, 0.2) is 24.3 Å². The predicted molar refractivity (Wildman–Crippen MR) is 130 cm³/mol. The van der Waals surface area contributed by atoms with Crippen molar-refractivity contribution >= 4 is 23.4 Å². The second-order valence-corrected chi connectivity index (χ2v) is 10.1. The molecular weight excluding hydrogens is 482 g/mol. The lowest BCUT2D eigenvalue weighted by Gasteiger charge is -2.37. The largest absolute Gasteiger partial charge is 0.493 e. The van der Waals surface area contributed by atoms with Gasteiger partial charge in [-0.2, -0.15) is 0 Å². The van der Waals surface area contributed by atoms with E-state index in [0.717, 1.165) is 29.7 Å². The van der Waals surface area contributed by atoms with E-state index in [9.17, 15) is 23.2 Å². The molecule has 2 saturated heterocycles. The first-order chi connectivity index (χ1) is 17.9. The van der Waals surface area contributed by atoms with Gasteiger partial charge in [-0.1, -0.05) is 0 Å². The minimum atomic E-state index is -0.746. The number of ether oxygens (including phenoxy) is 1. The van der Waals surface area contributed by atoms with E-state index in [2.05, 4.69) is 15.1 Å². The first-order valence-corrected chi connectivity index (χ1v) is 12.8. The highest BCUT2D eigenvalue weighted by atomic mass is 19.1. The van der Waals surface area contributed by atoms with Crippen LogP contribution in [-0.4, -0.2) is 66.3 Å². The van der Waals surface area contributed by atoms with E-state index in [-0.39, 0.29) is 42.6 Å². The van der Waals surface area contributed by atoms with Crippen molar-refractivity contribution < 1.29 is 27.9 Å². The van der Waals surface area contributed by atoms with Crippen molar-refractivity contribution in [1.29, 1.82) is 0 Å². The van der Waals surface area contributed by atoms with Gasteiger partial charge in [-0.05, 0) is 49.1 Å². The number of hydrogen-bond donors (Lipinski definition) is 1. The normalized spacial score (nSPS) is 22.0. The minimum absolute atomic E-state index is 0.166. The summed E-state index contributed by atoms with van der Waals surface area (Å²) in [7, 11) is 0. The summed E-state index contributed by atoms with van der Waals surface area (Å²) in [4.78, 5) is 42.8. The van der Waals surface area contributed by atoms with Gasteiger partial charge in [0, 0.05) is 68.1 Å². The van der Waals surface area contributed by atoms with Crippen molar-refractivity contribution in [3.05, 3.63) is 58.2 Å². The Morgan fingerprint density at radius 2 is 1.76 bits per heavy atom. The van der Waals surface area contributed by atoms with Crippen LogP contribution in [0.25, 0.3) is 0 Å². The Bertz CT molecular complexity index is 1290. The zero-order chi connectivity index (χ0) is 25.7. The van der Waals surface area contributed by atoms with Crippen LogP contribution in [0.2, 0.25) is 0 Å². The standard InChI is InChI=1S/C27H28F2N4O4/c28-18-10-16-2-1-9-37-25(16)17(11-18)14-31-5-7-32(8-6-31)23-13-19(29)12-20-21(23)15-33(27(20)36)22-3-4-24(34)30-26(22)35/h10-13,22H,1-9,14-15H2,(H,30,34,35). The van der Waals surface area contributed by atoms with E-state index in [1.807, 2.05) is 0 Å². The van der Waals surface area contributed by atoms with Crippen LogP contribution in [0.1, 0.15) is 46.3 Å². The summed E-state index contributed by atoms with van der Waals surface area (Å²) in [6.45, 7) is 3.99. The third kappa shape index (κ3) is 4.43. The third-order valence-electron chi connectivity index (χ3n) is 7.75. The molecule has 2 aromatic rings. The van der Waals surface area contributed by atoms with E-state index in [1.54, 1.807) is 12.1 Å². The second kappa shape index (κ2) is 9.41. The summed E-state index contributed by atoms with van der Waals surface area (Å²) in [5.74, 6) is -1.18. The number of rotatable bonds is 4. The molecule has 2 fully saturated rings. The lowest BCUT2D eigenvalue weighted by Crippen LogP contribution is -2.52. The molecule has 8 nitrogen and oxygen atoms in total.